The van der Waals surface area contributed by atoms with Crippen molar-refractivity contribution in [3.8, 4) is 11.3 Å². The molecule has 3 fully saturated rings. The first-order chi connectivity index (χ1) is 20.1. The fraction of sp³-hybridized carbons (Fsp3) is 0.419. The van der Waals surface area contributed by atoms with Crippen LogP contribution in [0.2, 0.25) is 0 Å². The molecule has 7 rings (SSSR count). The standard InChI is InChI=1S/C31H35N7O3/c1-20-12-14-21(15-13-20)18-38-26-25(23-10-6-3-7-11-23)32-28(29-35-31(39)41-36-29)33-27(26)34-30(38)37-16-17-40-19-24(37)22-8-4-2-5-9-22/h2-11,20-21,24,29,36H,12-19H2,1H3,(H,35,39)/t20?,21?,24-,29?/m0/s1. The lowest BCUT2D eigenvalue weighted by atomic mass is 9.83. The first-order valence-corrected chi connectivity index (χ1v) is 14.6. The number of amides is 1. The number of nitrogens with zero attached hydrogens (tertiary/aromatic N) is 5. The highest BCUT2D eigenvalue weighted by molar-refractivity contribution is 5.90. The van der Waals surface area contributed by atoms with Crippen LogP contribution >= 0.6 is 0 Å². The number of benzene rings is 2. The number of hydrogen-bond donors (Lipinski definition) is 2. The summed E-state index contributed by atoms with van der Waals surface area (Å²) in [5.41, 5.74) is 7.18. The van der Waals surface area contributed by atoms with Crippen LogP contribution in [0, 0.1) is 11.8 Å². The van der Waals surface area contributed by atoms with Gasteiger partial charge in [-0.2, -0.15) is 4.98 Å². The Kier molecular flexibility index (Phi) is 7.02. The lowest BCUT2D eigenvalue weighted by molar-refractivity contribution is 0.0927. The van der Waals surface area contributed by atoms with Gasteiger partial charge in [-0.15, -0.1) is 5.48 Å². The second-order valence-electron chi connectivity index (χ2n) is 11.4. The number of ether oxygens (including phenoxy) is 1. The van der Waals surface area contributed by atoms with Crippen LogP contribution in [0.15, 0.2) is 60.7 Å². The zero-order chi connectivity index (χ0) is 27.8. The van der Waals surface area contributed by atoms with Crippen LogP contribution in [-0.4, -0.2) is 45.4 Å². The highest BCUT2D eigenvalue weighted by atomic mass is 16.7. The summed E-state index contributed by atoms with van der Waals surface area (Å²) in [5, 5.41) is 2.74. The first-order valence-electron chi connectivity index (χ1n) is 14.6. The monoisotopic (exact) mass is 553 g/mol. The molecule has 4 aromatic rings. The molecule has 1 aliphatic carbocycles. The van der Waals surface area contributed by atoms with Crippen molar-refractivity contribution in [1.82, 2.24) is 30.3 Å². The summed E-state index contributed by atoms with van der Waals surface area (Å²) < 4.78 is 8.35. The number of fused-ring (bicyclic) bond motifs is 1. The van der Waals surface area contributed by atoms with E-state index in [1.165, 1.54) is 31.2 Å². The van der Waals surface area contributed by atoms with E-state index >= 15 is 0 Å². The molecular weight excluding hydrogens is 518 g/mol. The van der Waals surface area contributed by atoms with E-state index in [0.29, 0.717) is 30.6 Å². The van der Waals surface area contributed by atoms with Gasteiger partial charge < -0.3 is 19.0 Å². The topological polar surface area (TPSA) is 106 Å². The third-order valence-electron chi connectivity index (χ3n) is 8.58. The SMILES string of the molecule is CC1CCC(Cn2c(N3CCOC[C@H]3c3ccccc3)nc3nc(C4NOC(=O)N4)nc(-c4ccccc4)c32)CC1. The zero-order valence-electron chi connectivity index (χ0n) is 23.2. The predicted octanol–water partition coefficient (Wildman–Crippen LogP) is 5.14. The largest absolute Gasteiger partial charge is 0.427 e. The molecule has 1 saturated carbocycles. The molecule has 212 valence electrons. The van der Waals surface area contributed by atoms with Gasteiger partial charge in [-0.25, -0.2) is 14.8 Å². The first kappa shape index (κ1) is 25.9. The van der Waals surface area contributed by atoms with Crippen LogP contribution in [0.5, 0.6) is 0 Å². The average Bonchev–Trinajstić information content (AvgIpc) is 3.62. The molecule has 41 heavy (non-hydrogen) atoms. The van der Waals surface area contributed by atoms with Crippen LogP contribution in [0.3, 0.4) is 0 Å². The van der Waals surface area contributed by atoms with Crippen molar-refractivity contribution in [3.05, 3.63) is 72.1 Å². The molecule has 1 amide bonds. The molecule has 0 spiro atoms. The van der Waals surface area contributed by atoms with Gasteiger partial charge in [0.15, 0.2) is 17.6 Å². The predicted molar refractivity (Wildman–Crippen MR) is 155 cm³/mol. The van der Waals surface area contributed by atoms with E-state index in [1.54, 1.807) is 0 Å². The molecule has 2 N–H and O–H groups in total. The van der Waals surface area contributed by atoms with Crippen molar-refractivity contribution >= 4 is 23.2 Å². The van der Waals surface area contributed by atoms with Crippen LogP contribution in [0.25, 0.3) is 22.4 Å². The van der Waals surface area contributed by atoms with E-state index in [9.17, 15) is 4.79 Å². The summed E-state index contributed by atoms with van der Waals surface area (Å²) in [6.07, 6.45) is 3.66. The number of nitrogens with one attached hydrogen (secondary N) is 2. The Morgan fingerprint density at radius 1 is 0.951 bits per heavy atom. The summed E-state index contributed by atoms with van der Waals surface area (Å²) in [5.74, 6) is 2.62. The minimum Gasteiger partial charge on any atom is -0.377 e. The van der Waals surface area contributed by atoms with Gasteiger partial charge in [-0.05, 0) is 30.2 Å². The Morgan fingerprint density at radius 3 is 2.44 bits per heavy atom. The molecule has 2 atom stereocenters. The van der Waals surface area contributed by atoms with E-state index in [0.717, 1.165) is 41.7 Å². The van der Waals surface area contributed by atoms with E-state index in [4.69, 9.17) is 24.5 Å². The highest BCUT2D eigenvalue weighted by Gasteiger charge is 2.33. The van der Waals surface area contributed by atoms with Gasteiger partial charge in [0.05, 0.1) is 19.3 Å². The Labute approximate surface area is 239 Å². The molecular formula is C31H35N7O3. The van der Waals surface area contributed by atoms with Crippen LogP contribution in [-0.2, 0) is 16.1 Å². The van der Waals surface area contributed by atoms with E-state index < -0.39 is 12.3 Å². The highest BCUT2D eigenvalue weighted by Crippen LogP contribution is 2.38. The number of aromatic nitrogens is 4. The fourth-order valence-electron chi connectivity index (χ4n) is 6.33. The minimum absolute atomic E-state index is 0.0312. The fourth-order valence-corrected chi connectivity index (χ4v) is 6.33. The maximum absolute atomic E-state index is 11.8. The molecule has 2 aromatic heterocycles. The number of hydrogen-bond acceptors (Lipinski definition) is 8. The third-order valence-corrected chi connectivity index (χ3v) is 8.58. The number of rotatable bonds is 6. The normalized spacial score (nSPS) is 24.8. The van der Waals surface area contributed by atoms with Crippen molar-refractivity contribution < 1.29 is 14.4 Å². The Hall–Kier alpha value is -4.02. The zero-order valence-corrected chi connectivity index (χ0v) is 23.2. The van der Waals surface area contributed by atoms with Gasteiger partial charge >= 0.3 is 6.09 Å². The Balaban J connectivity index is 1.41. The van der Waals surface area contributed by atoms with Gasteiger partial charge in [0.25, 0.3) is 0 Å². The maximum Gasteiger partial charge on any atom is 0.427 e. The average molecular weight is 554 g/mol. The third kappa shape index (κ3) is 5.13. The summed E-state index contributed by atoms with van der Waals surface area (Å²) >= 11 is 0. The van der Waals surface area contributed by atoms with E-state index in [-0.39, 0.29) is 6.04 Å². The summed E-state index contributed by atoms with van der Waals surface area (Å²) in [6, 6.07) is 20.7. The Morgan fingerprint density at radius 2 is 1.71 bits per heavy atom. The van der Waals surface area contributed by atoms with Crippen LogP contribution in [0.1, 0.15) is 56.2 Å². The van der Waals surface area contributed by atoms with Crippen molar-refractivity contribution in [1.29, 1.82) is 0 Å². The van der Waals surface area contributed by atoms with Crippen molar-refractivity contribution in [3.63, 3.8) is 0 Å². The molecule has 1 unspecified atom stereocenters. The lowest BCUT2D eigenvalue weighted by Gasteiger charge is -2.37. The Bertz CT molecular complexity index is 1520. The molecule has 0 bridgehead atoms. The van der Waals surface area contributed by atoms with Crippen LogP contribution < -0.4 is 15.7 Å². The molecule has 10 heteroatoms. The van der Waals surface area contributed by atoms with Crippen molar-refractivity contribution in [2.75, 3.05) is 24.7 Å². The molecule has 2 aliphatic heterocycles. The van der Waals surface area contributed by atoms with Crippen molar-refractivity contribution in [2.45, 2.75) is 51.4 Å². The van der Waals surface area contributed by atoms with Gasteiger partial charge in [0.2, 0.25) is 5.95 Å². The number of morpholine rings is 1. The number of carbonyl (C=O) groups is 1. The summed E-state index contributed by atoms with van der Waals surface area (Å²) in [6.45, 7) is 5.15. The molecule has 10 nitrogen and oxygen atoms in total. The second-order valence-corrected chi connectivity index (χ2v) is 11.4. The number of carbonyl (C=O) groups excluding carboxylic acids is 1. The molecule has 2 aromatic carbocycles. The van der Waals surface area contributed by atoms with Crippen LogP contribution in [0.4, 0.5) is 10.7 Å². The van der Waals surface area contributed by atoms with Gasteiger partial charge in [-0.3, -0.25) is 5.32 Å². The molecule has 3 aliphatic rings. The van der Waals surface area contributed by atoms with Gasteiger partial charge in [0, 0.05) is 18.7 Å². The molecule has 2 saturated heterocycles. The molecule has 0 radical (unpaired) electrons. The quantitative estimate of drug-likeness (QED) is 0.338. The minimum atomic E-state index is -0.664. The molecule has 4 heterocycles. The number of hydroxylamine groups is 1. The lowest BCUT2D eigenvalue weighted by Crippen LogP contribution is -2.41. The number of anilines is 1. The maximum atomic E-state index is 11.8. The van der Waals surface area contributed by atoms with Crippen molar-refractivity contribution in [2.24, 2.45) is 11.8 Å². The number of imidazole rings is 1. The van der Waals surface area contributed by atoms with E-state index in [1.807, 2.05) is 24.3 Å². The van der Waals surface area contributed by atoms with Gasteiger partial charge in [-0.1, -0.05) is 80.4 Å². The summed E-state index contributed by atoms with van der Waals surface area (Å²) in [7, 11) is 0. The van der Waals surface area contributed by atoms with E-state index in [2.05, 4.69) is 63.6 Å². The van der Waals surface area contributed by atoms with Gasteiger partial charge in [0.1, 0.15) is 11.2 Å². The smallest absolute Gasteiger partial charge is 0.377 e. The summed E-state index contributed by atoms with van der Waals surface area (Å²) in [4.78, 5) is 34.3. The second kappa shape index (κ2) is 11.1.